The lowest BCUT2D eigenvalue weighted by molar-refractivity contribution is -0.118. The zero-order valence-electron chi connectivity index (χ0n) is 9.91. The molecule has 0 aromatic carbocycles. The molecule has 0 atom stereocenters. The predicted molar refractivity (Wildman–Crippen MR) is 62.8 cm³/mol. The van der Waals surface area contributed by atoms with Gasteiger partial charge in [0.15, 0.2) is 11.5 Å². The number of hydrogen-bond acceptors (Lipinski definition) is 3. The fraction of sp³-hybridized carbons (Fsp3) is 0.462. The number of ether oxygens (including phenoxy) is 2. The van der Waals surface area contributed by atoms with Crippen LogP contribution in [-0.2, 0) is 14.3 Å². The van der Waals surface area contributed by atoms with Crippen LogP contribution in [-0.4, -0.2) is 19.0 Å². The van der Waals surface area contributed by atoms with Crippen molar-refractivity contribution in [1.82, 2.24) is 0 Å². The normalized spacial score (nSPS) is 15.6. The Bertz CT molecular complexity index is 307. The quantitative estimate of drug-likeness (QED) is 0.693. The van der Waals surface area contributed by atoms with Gasteiger partial charge in [0.25, 0.3) is 5.78 Å². The van der Waals surface area contributed by atoms with Gasteiger partial charge in [-0.2, -0.15) is 0 Å². The Hall–Kier alpha value is -1.51. The third-order valence-corrected chi connectivity index (χ3v) is 2.00. The van der Waals surface area contributed by atoms with Crippen molar-refractivity contribution in [3.8, 4) is 0 Å². The Morgan fingerprint density at radius 1 is 1.06 bits per heavy atom. The van der Waals surface area contributed by atoms with E-state index in [4.69, 9.17) is 9.47 Å². The molecule has 16 heavy (non-hydrogen) atoms. The van der Waals surface area contributed by atoms with Crippen LogP contribution in [0.25, 0.3) is 0 Å². The maximum atomic E-state index is 11.9. The van der Waals surface area contributed by atoms with Crippen molar-refractivity contribution >= 4 is 5.78 Å². The molecule has 0 aromatic rings. The molecule has 0 heterocycles. The van der Waals surface area contributed by atoms with Crippen LogP contribution in [0.2, 0.25) is 0 Å². The van der Waals surface area contributed by atoms with E-state index in [-0.39, 0.29) is 5.78 Å². The smallest absolute Gasteiger partial charge is 0.262 e. The molecule has 0 N–H and O–H groups in total. The highest BCUT2D eigenvalue weighted by Gasteiger charge is 2.22. The monoisotopic (exact) mass is 222 g/mol. The Morgan fingerprint density at radius 3 is 1.88 bits per heavy atom. The summed E-state index contributed by atoms with van der Waals surface area (Å²) in [5, 5.41) is 0. The van der Waals surface area contributed by atoms with Crippen LogP contribution in [0.3, 0.4) is 0 Å². The number of carbonyl (C=O) groups excluding carboxylic acids is 1. The van der Waals surface area contributed by atoms with Crippen LogP contribution >= 0.6 is 0 Å². The molecule has 1 rings (SSSR count). The minimum atomic E-state index is -0.186. The molecule has 88 valence electrons. The highest BCUT2D eigenvalue weighted by Crippen LogP contribution is 2.20. The summed E-state index contributed by atoms with van der Waals surface area (Å²) in [5.41, 5.74) is 0.733. The maximum absolute atomic E-state index is 11.9. The van der Waals surface area contributed by atoms with Gasteiger partial charge in [-0.05, 0) is 30.6 Å². The molecule has 1 aliphatic carbocycles. The Kier molecular flexibility index (Phi) is 4.83. The predicted octanol–water partition coefficient (Wildman–Crippen LogP) is 2.75. The Balaban J connectivity index is 2.68. The van der Waals surface area contributed by atoms with Gasteiger partial charge in [0.05, 0.1) is 13.2 Å². The summed E-state index contributed by atoms with van der Waals surface area (Å²) >= 11 is 0. The number of hydrogen-bond donors (Lipinski definition) is 0. The molecule has 3 nitrogen and oxygen atoms in total. The van der Waals surface area contributed by atoms with Crippen molar-refractivity contribution in [3.05, 3.63) is 35.8 Å². The molecule has 0 aliphatic heterocycles. The lowest BCUT2D eigenvalue weighted by Gasteiger charge is -2.16. The van der Waals surface area contributed by atoms with E-state index in [0.29, 0.717) is 24.7 Å². The average Bonchev–Trinajstić information content (AvgIpc) is 2.28. The van der Waals surface area contributed by atoms with Gasteiger partial charge >= 0.3 is 0 Å². The first kappa shape index (κ1) is 12.6. The molecule has 0 amide bonds. The molecular formula is C13H18O3. The SMILES string of the molecule is C=C1C=C(OCCC)C(=O)C(OCCC)=C1. The van der Waals surface area contributed by atoms with Gasteiger partial charge in [-0.3, -0.25) is 4.79 Å². The summed E-state index contributed by atoms with van der Waals surface area (Å²) in [4.78, 5) is 11.9. The van der Waals surface area contributed by atoms with Crippen molar-refractivity contribution in [2.75, 3.05) is 13.2 Å². The minimum absolute atomic E-state index is 0.186. The van der Waals surface area contributed by atoms with Crippen LogP contribution in [0.4, 0.5) is 0 Å². The standard InChI is InChI=1S/C13H18O3/c1-4-6-15-11-8-10(3)9-12(13(11)14)16-7-5-2/h8-9H,3-7H2,1-2H3. The van der Waals surface area contributed by atoms with Crippen molar-refractivity contribution in [1.29, 1.82) is 0 Å². The lowest BCUT2D eigenvalue weighted by atomic mass is 10.1. The van der Waals surface area contributed by atoms with Crippen LogP contribution in [0.1, 0.15) is 26.7 Å². The van der Waals surface area contributed by atoms with E-state index >= 15 is 0 Å². The Labute approximate surface area is 96.4 Å². The second kappa shape index (κ2) is 6.16. The minimum Gasteiger partial charge on any atom is -0.489 e. The maximum Gasteiger partial charge on any atom is 0.262 e. The van der Waals surface area contributed by atoms with Crippen molar-refractivity contribution in [3.63, 3.8) is 0 Å². The van der Waals surface area contributed by atoms with Gasteiger partial charge in [-0.1, -0.05) is 20.4 Å². The summed E-state index contributed by atoms with van der Waals surface area (Å²) in [5.74, 6) is 0.482. The van der Waals surface area contributed by atoms with Gasteiger partial charge in [0, 0.05) is 0 Å². The van der Waals surface area contributed by atoms with Gasteiger partial charge in [-0.15, -0.1) is 0 Å². The number of ketones is 1. The average molecular weight is 222 g/mol. The molecular weight excluding hydrogens is 204 g/mol. The summed E-state index contributed by atoms with van der Waals surface area (Å²) in [7, 11) is 0. The third kappa shape index (κ3) is 3.26. The molecule has 0 fully saturated rings. The first-order valence-corrected chi connectivity index (χ1v) is 5.61. The van der Waals surface area contributed by atoms with Gasteiger partial charge in [0.2, 0.25) is 0 Å². The summed E-state index contributed by atoms with van der Waals surface area (Å²) < 4.78 is 10.7. The highest BCUT2D eigenvalue weighted by molar-refractivity contribution is 6.07. The molecule has 0 unspecified atom stereocenters. The summed E-state index contributed by atoms with van der Waals surface area (Å²) in [6.07, 6.45) is 5.03. The van der Waals surface area contributed by atoms with E-state index in [1.54, 1.807) is 12.2 Å². The Morgan fingerprint density at radius 2 is 1.50 bits per heavy atom. The van der Waals surface area contributed by atoms with Crippen molar-refractivity contribution in [2.45, 2.75) is 26.7 Å². The molecule has 1 aliphatic rings. The van der Waals surface area contributed by atoms with Crippen LogP contribution in [0.5, 0.6) is 0 Å². The van der Waals surface area contributed by atoms with E-state index in [2.05, 4.69) is 6.58 Å². The van der Waals surface area contributed by atoms with E-state index in [9.17, 15) is 4.79 Å². The molecule has 0 aromatic heterocycles. The molecule has 0 saturated carbocycles. The zero-order valence-corrected chi connectivity index (χ0v) is 9.91. The van der Waals surface area contributed by atoms with Crippen molar-refractivity contribution in [2.24, 2.45) is 0 Å². The van der Waals surface area contributed by atoms with Crippen LogP contribution in [0, 0.1) is 0 Å². The number of allylic oxidation sites excluding steroid dienone is 3. The molecule has 3 heteroatoms. The third-order valence-electron chi connectivity index (χ3n) is 2.00. The highest BCUT2D eigenvalue weighted by atomic mass is 16.5. The fourth-order valence-corrected chi connectivity index (χ4v) is 1.27. The van der Waals surface area contributed by atoms with E-state index in [1.165, 1.54) is 0 Å². The lowest BCUT2D eigenvalue weighted by Crippen LogP contribution is -2.16. The summed E-state index contributed by atoms with van der Waals surface area (Å²) in [6, 6.07) is 0. The first-order chi connectivity index (χ1) is 7.69. The van der Waals surface area contributed by atoms with Crippen molar-refractivity contribution < 1.29 is 14.3 Å². The molecule has 0 spiro atoms. The number of rotatable bonds is 6. The van der Waals surface area contributed by atoms with Crippen LogP contribution < -0.4 is 0 Å². The largest absolute Gasteiger partial charge is 0.489 e. The van der Waals surface area contributed by atoms with Crippen LogP contribution in [0.15, 0.2) is 35.8 Å². The van der Waals surface area contributed by atoms with E-state index in [0.717, 1.165) is 18.4 Å². The van der Waals surface area contributed by atoms with Gasteiger partial charge < -0.3 is 9.47 Å². The summed E-state index contributed by atoms with van der Waals surface area (Å²) in [6.45, 7) is 8.85. The molecule has 0 radical (unpaired) electrons. The fourth-order valence-electron chi connectivity index (χ4n) is 1.27. The topological polar surface area (TPSA) is 35.5 Å². The number of Topliss-reactive ketones (excluding diaryl/α,β-unsaturated/α-hetero) is 1. The first-order valence-electron chi connectivity index (χ1n) is 5.61. The van der Waals surface area contributed by atoms with E-state index < -0.39 is 0 Å². The molecule has 0 saturated heterocycles. The second-order valence-corrected chi connectivity index (χ2v) is 3.62. The van der Waals surface area contributed by atoms with Gasteiger partial charge in [0.1, 0.15) is 0 Å². The van der Waals surface area contributed by atoms with E-state index in [1.807, 2.05) is 13.8 Å². The molecule has 0 bridgehead atoms. The van der Waals surface area contributed by atoms with Gasteiger partial charge in [-0.25, -0.2) is 0 Å². The second-order valence-electron chi connectivity index (χ2n) is 3.62. The number of carbonyl (C=O) groups is 1. The zero-order chi connectivity index (χ0) is 12.0.